The lowest BCUT2D eigenvalue weighted by Gasteiger charge is -2.28. The fourth-order valence-corrected chi connectivity index (χ4v) is 2.23. The van der Waals surface area contributed by atoms with Gasteiger partial charge in [-0.2, -0.15) is 0 Å². The van der Waals surface area contributed by atoms with Gasteiger partial charge < -0.3 is 9.88 Å². The first-order valence-electron chi connectivity index (χ1n) is 4.75. The summed E-state index contributed by atoms with van der Waals surface area (Å²) in [7, 11) is 0. The van der Waals surface area contributed by atoms with Crippen LogP contribution in [0, 0.1) is 5.41 Å². The van der Waals surface area contributed by atoms with Crippen LogP contribution in [0.4, 0.5) is 0 Å². The molecule has 1 fully saturated rings. The zero-order chi connectivity index (χ0) is 9.97. The van der Waals surface area contributed by atoms with E-state index in [-0.39, 0.29) is 4.87 Å². The average Bonchev–Trinajstić information content (AvgIpc) is 2.56. The van der Waals surface area contributed by atoms with E-state index in [1.54, 1.807) is 0 Å². The van der Waals surface area contributed by atoms with Crippen molar-refractivity contribution in [1.29, 1.82) is 5.41 Å². The van der Waals surface area contributed by atoms with Crippen LogP contribution in [0.1, 0.15) is 25.0 Å². The molecule has 4 nitrogen and oxygen atoms in total. The molecule has 5 heteroatoms. The van der Waals surface area contributed by atoms with Crippen molar-refractivity contribution in [3.8, 4) is 0 Å². The molecular formula is C9H13N3OS. The van der Waals surface area contributed by atoms with Crippen molar-refractivity contribution in [2.45, 2.75) is 25.8 Å². The van der Waals surface area contributed by atoms with Crippen molar-refractivity contribution >= 4 is 17.2 Å². The number of thiazole rings is 1. The highest BCUT2D eigenvalue weighted by molar-refractivity contribution is 7.07. The Morgan fingerprint density at radius 3 is 3.07 bits per heavy atom. The van der Waals surface area contributed by atoms with Crippen molar-refractivity contribution < 1.29 is 0 Å². The summed E-state index contributed by atoms with van der Waals surface area (Å²) >= 11 is 1.19. The highest BCUT2D eigenvalue weighted by Crippen LogP contribution is 2.13. The maximum atomic E-state index is 10.9. The molecule has 14 heavy (non-hydrogen) atoms. The lowest BCUT2D eigenvalue weighted by Crippen LogP contribution is -2.34. The van der Waals surface area contributed by atoms with Crippen LogP contribution in [0.2, 0.25) is 0 Å². The Bertz CT molecular complexity index is 381. The topological polar surface area (TPSA) is 60.0 Å². The van der Waals surface area contributed by atoms with Gasteiger partial charge in [0.1, 0.15) is 0 Å². The Labute approximate surface area is 86.1 Å². The number of likely N-dealkylation sites (tertiary alicyclic amines) is 1. The summed E-state index contributed by atoms with van der Waals surface area (Å²) in [6, 6.07) is 0. The van der Waals surface area contributed by atoms with Gasteiger partial charge in [0.25, 0.3) is 0 Å². The summed E-state index contributed by atoms with van der Waals surface area (Å²) in [4.78, 5) is 15.7. The Balaban J connectivity index is 2.02. The molecule has 0 radical (unpaired) electrons. The van der Waals surface area contributed by atoms with Gasteiger partial charge >= 0.3 is 4.87 Å². The highest BCUT2D eigenvalue weighted by atomic mass is 32.1. The average molecular weight is 211 g/mol. The molecule has 0 aliphatic carbocycles. The zero-order valence-corrected chi connectivity index (χ0v) is 8.69. The largest absolute Gasteiger partial charge is 0.355 e. The summed E-state index contributed by atoms with van der Waals surface area (Å²) in [6.07, 6.45) is 3.14. The Hall–Kier alpha value is -1.10. The number of piperidine rings is 1. The number of aromatic amines is 1. The van der Waals surface area contributed by atoms with Gasteiger partial charge in [-0.1, -0.05) is 11.3 Å². The predicted molar refractivity (Wildman–Crippen MR) is 56.9 cm³/mol. The van der Waals surface area contributed by atoms with E-state index in [0.29, 0.717) is 12.4 Å². The quantitative estimate of drug-likeness (QED) is 0.776. The second kappa shape index (κ2) is 3.96. The molecule has 0 atom stereocenters. The van der Waals surface area contributed by atoms with Gasteiger partial charge in [-0.3, -0.25) is 10.2 Å². The third-order valence-electron chi connectivity index (χ3n) is 2.41. The number of nitrogens with one attached hydrogen (secondary N) is 2. The van der Waals surface area contributed by atoms with Crippen LogP contribution in [0.25, 0.3) is 0 Å². The maximum Gasteiger partial charge on any atom is 0.304 e. The van der Waals surface area contributed by atoms with Gasteiger partial charge in [0.05, 0.1) is 12.4 Å². The minimum absolute atomic E-state index is 0.0106. The fourth-order valence-electron chi connectivity index (χ4n) is 1.66. The third-order valence-corrected chi connectivity index (χ3v) is 3.12. The van der Waals surface area contributed by atoms with Gasteiger partial charge in [-0.15, -0.1) is 0 Å². The van der Waals surface area contributed by atoms with E-state index in [1.807, 2.05) is 10.3 Å². The van der Waals surface area contributed by atoms with Gasteiger partial charge in [0, 0.05) is 24.0 Å². The molecule has 1 aromatic heterocycles. The maximum absolute atomic E-state index is 10.9. The normalized spacial score (nSPS) is 17.4. The van der Waals surface area contributed by atoms with E-state index in [0.717, 1.165) is 31.5 Å². The van der Waals surface area contributed by atoms with Gasteiger partial charge in [0.2, 0.25) is 0 Å². The lowest BCUT2D eigenvalue weighted by molar-refractivity contribution is 0.358. The SMILES string of the molecule is N=C1CCCCN1Cc1csc(=O)[nH]1. The summed E-state index contributed by atoms with van der Waals surface area (Å²) < 4.78 is 0. The van der Waals surface area contributed by atoms with Crippen molar-refractivity contribution in [3.63, 3.8) is 0 Å². The summed E-state index contributed by atoms with van der Waals surface area (Å²) in [5.41, 5.74) is 0.923. The molecule has 2 rings (SSSR count). The molecular weight excluding hydrogens is 198 g/mol. The molecule has 0 unspecified atom stereocenters. The molecule has 76 valence electrons. The Kier molecular flexibility index (Phi) is 2.67. The molecule has 1 aliphatic rings. The van der Waals surface area contributed by atoms with Crippen LogP contribution in [-0.4, -0.2) is 22.3 Å². The molecule has 1 aliphatic heterocycles. The molecule has 2 N–H and O–H groups in total. The molecule has 0 bridgehead atoms. The van der Waals surface area contributed by atoms with Crippen LogP contribution in [-0.2, 0) is 6.54 Å². The minimum atomic E-state index is -0.0106. The number of hydrogen-bond donors (Lipinski definition) is 2. The number of H-pyrrole nitrogens is 1. The van der Waals surface area contributed by atoms with E-state index in [2.05, 4.69) is 4.98 Å². The van der Waals surface area contributed by atoms with E-state index >= 15 is 0 Å². The highest BCUT2D eigenvalue weighted by Gasteiger charge is 2.15. The molecule has 0 aromatic carbocycles. The molecule has 0 amide bonds. The van der Waals surface area contributed by atoms with Crippen LogP contribution in [0.5, 0.6) is 0 Å². The van der Waals surface area contributed by atoms with Gasteiger partial charge in [0.15, 0.2) is 0 Å². The predicted octanol–water partition coefficient (Wildman–Crippen LogP) is 1.40. The molecule has 0 spiro atoms. The van der Waals surface area contributed by atoms with E-state index < -0.39 is 0 Å². The lowest BCUT2D eigenvalue weighted by atomic mass is 10.1. The first kappa shape index (κ1) is 9.45. The zero-order valence-electron chi connectivity index (χ0n) is 7.88. The van der Waals surface area contributed by atoms with E-state index in [9.17, 15) is 4.79 Å². The van der Waals surface area contributed by atoms with Gasteiger partial charge in [-0.25, -0.2) is 0 Å². The second-order valence-electron chi connectivity index (χ2n) is 3.50. The molecule has 1 saturated heterocycles. The van der Waals surface area contributed by atoms with Crippen molar-refractivity contribution in [3.05, 3.63) is 20.7 Å². The summed E-state index contributed by atoms with van der Waals surface area (Å²) in [5.74, 6) is 0.697. The number of nitrogens with zero attached hydrogens (tertiary/aromatic N) is 1. The number of aromatic nitrogens is 1. The smallest absolute Gasteiger partial charge is 0.304 e. The first-order valence-corrected chi connectivity index (χ1v) is 5.63. The monoisotopic (exact) mass is 211 g/mol. The van der Waals surface area contributed by atoms with E-state index in [1.165, 1.54) is 11.3 Å². The molecule has 2 heterocycles. The van der Waals surface area contributed by atoms with Crippen LogP contribution in [0.15, 0.2) is 10.2 Å². The van der Waals surface area contributed by atoms with Crippen molar-refractivity contribution in [2.75, 3.05) is 6.54 Å². The Morgan fingerprint density at radius 2 is 2.43 bits per heavy atom. The minimum Gasteiger partial charge on any atom is -0.355 e. The number of rotatable bonds is 2. The van der Waals surface area contributed by atoms with Crippen molar-refractivity contribution in [1.82, 2.24) is 9.88 Å². The standard InChI is InChI=1S/C9H13N3OS/c10-8-3-1-2-4-12(8)5-7-6-14-9(13)11-7/h6,10H,1-5H2,(H,11,13). The third kappa shape index (κ3) is 2.04. The second-order valence-corrected chi connectivity index (χ2v) is 4.34. The van der Waals surface area contributed by atoms with E-state index in [4.69, 9.17) is 5.41 Å². The van der Waals surface area contributed by atoms with Gasteiger partial charge in [-0.05, 0) is 12.8 Å². The molecule has 0 saturated carbocycles. The fraction of sp³-hybridized carbons (Fsp3) is 0.556. The first-order chi connectivity index (χ1) is 6.75. The number of amidine groups is 1. The van der Waals surface area contributed by atoms with Crippen LogP contribution >= 0.6 is 11.3 Å². The van der Waals surface area contributed by atoms with Crippen LogP contribution in [0.3, 0.4) is 0 Å². The Morgan fingerprint density at radius 1 is 1.57 bits per heavy atom. The van der Waals surface area contributed by atoms with Crippen molar-refractivity contribution in [2.24, 2.45) is 0 Å². The summed E-state index contributed by atoms with van der Waals surface area (Å²) in [6.45, 7) is 1.62. The number of hydrogen-bond acceptors (Lipinski definition) is 3. The summed E-state index contributed by atoms with van der Waals surface area (Å²) in [5, 5.41) is 9.58. The molecule has 1 aromatic rings. The van der Waals surface area contributed by atoms with Crippen LogP contribution < -0.4 is 4.87 Å².